The zero-order valence-electron chi connectivity index (χ0n) is 10.2. The van der Waals surface area contributed by atoms with E-state index in [0.717, 1.165) is 0 Å². The van der Waals surface area contributed by atoms with Crippen molar-refractivity contribution in [3.05, 3.63) is 53.4 Å². The summed E-state index contributed by atoms with van der Waals surface area (Å²) < 4.78 is 19.2. The summed E-state index contributed by atoms with van der Waals surface area (Å²) in [5.41, 5.74) is 7.06. The van der Waals surface area contributed by atoms with Crippen molar-refractivity contribution in [1.29, 1.82) is 0 Å². The summed E-state index contributed by atoms with van der Waals surface area (Å²) in [5, 5.41) is 4.00. The second-order valence-corrected chi connectivity index (χ2v) is 4.55. The van der Waals surface area contributed by atoms with Gasteiger partial charge in [0.2, 0.25) is 0 Å². The SMILES string of the molecule is Nc1noc(-c2ccc(Cl)cc2F)c1-c1ccccn1. The van der Waals surface area contributed by atoms with Gasteiger partial charge in [0.15, 0.2) is 11.6 Å². The van der Waals surface area contributed by atoms with Gasteiger partial charge >= 0.3 is 0 Å². The van der Waals surface area contributed by atoms with E-state index in [2.05, 4.69) is 10.1 Å². The maximum absolute atomic E-state index is 14.0. The molecule has 3 aromatic rings. The molecule has 0 saturated carbocycles. The Labute approximate surface area is 119 Å². The number of pyridine rings is 1. The van der Waals surface area contributed by atoms with E-state index in [1.165, 1.54) is 12.1 Å². The normalized spacial score (nSPS) is 10.7. The number of hydrogen-bond acceptors (Lipinski definition) is 4. The van der Waals surface area contributed by atoms with Gasteiger partial charge in [-0.2, -0.15) is 0 Å². The summed E-state index contributed by atoms with van der Waals surface area (Å²) in [4.78, 5) is 4.19. The van der Waals surface area contributed by atoms with Crippen LogP contribution in [0.2, 0.25) is 5.02 Å². The largest absolute Gasteiger partial charge is 0.380 e. The van der Waals surface area contributed by atoms with Crippen LogP contribution in [0.15, 0.2) is 47.1 Å². The van der Waals surface area contributed by atoms with Gasteiger partial charge in [-0.3, -0.25) is 4.98 Å². The summed E-state index contributed by atoms with van der Waals surface area (Å²) in [6, 6.07) is 9.62. The highest BCUT2D eigenvalue weighted by molar-refractivity contribution is 6.30. The van der Waals surface area contributed by atoms with Gasteiger partial charge < -0.3 is 10.3 Å². The lowest BCUT2D eigenvalue weighted by atomic mass is 10.1. The van der Waals surface area contributed by atoms with Crippen molar-refractivity contribution in [2.24, 2.45) is 0 Å². The number of nitrogens with two attached hydrogens (primary N) is 1. The van der Waals surface area contributed by atoms with E-state index >= 15 is 0 Å². The lowest BCUT2D eigenvalue weighted by Gasteiger charge is -2.03. The van der Waals surface area contributed by atoms with Crippen LogP contribution >= 0.6 is 11.6 Å². The Balaban J connectivity index is 2.21. The fraction of sp³-hybridized carbons (Fsp3) is 0. The van der Waals surface area contributed by atoms with E-state index in [1.54, 1.807) is 30.5 Å². The number of aromatic nitrogens is 2. The number of halogens is 2. The van der Waals surface area contributed by atoms with Crippen LogP contribution in [0.4, 0.5) is 10.2 Å². The van der Waals surface area contributed by atoms with Crippen LogP contribution in [0.1, 0.15) is 0 Å². The zero-order valence-corrected chi connectivity index (χ0v) is 10.9. The molecule has 20 heavy (non-hydrogen) atoms. The first-order valence-corrected chi connectivity index (χ1v) is 6.16. The van der Waals surface area contributed by atoms with E-state index in [9.17, 15) is 4.39 Å². The number of nitrogen functional groups attached to an aromatic ring is 1. The molecule has 0 radical (unpaired) electrons. The van der Waals surface area contributed by atoms with Crippen LogP contribution < -0.4 is 5.73 Å². The Hall–Kier alpha value is -2.40. The predicted octanol–water partition coefficient (Wildman–Crippen LogP) is 3.78. The van der Waals surface area contributed by atoms with Crippen LogP contribution in [-0.4, -0.2) is 10.1 Å². The topological polar surface area (TPSA) is 64.9 Å². The third kappa shape index (κ3) is 2.12. The fourth-order valence-electron chi connectivity index (χ4n) is 1.92. The zero-order chi connectivity index (χ0) is 14.1. The number of hydrogen-bond donors (Lipinski definition) is 1. The molecule has 100 valence electrons. The molecule has 6 heteroatoms. The standard InChI is InChI=1S/C14H9ClFN3O/c15-8-4-5-9(10(16)7-8)13-12(14(17)19-20-13)11-3-1-2-6-18-11/h1-7H,(H2,17,19). The Kier molecular flexibility index (Phi) is 3.12. The minimum atomic E-state index is -0.508. The van der Waals surface area contributed by atoms with Gasteiger partial charge in [-0.05, 0) is 30.3 Å². The Morgan fingerprint density at radius 1 is 1.20 bits per heavy atom. The molecule has 0 fully saturated rings. The van der Waals surface area contributed by atoms with E-state index in [1.807, 2.05) is 0 Å². The minimum absolute atomic E-state index is 0.160. The van der Waals surface area contributed by atoms with Crippen LogP contribution in [-0.2, 0) is 0 Å². The Morgan fingerprint density at radius 3 is 2.75 bits per heavy atom. The molecule has 1 aromatic carbocycles. The molecule has 0 amide bonds. The first kappa shape index (κ1) is 12.6. The first-order valence-electron chi connectivity index (χ1n) is 5.79. The van der Waals surface area contributed by atoms with Crippen LogP contribution in [0.25, 0.3) is 22.6 Å². The molecule has 0 unspecified atom stereocenters. The summed E-state index contributed by atoms with van der Waals surface area (Å²) in [5.74, 6) is -0.116. The quantitative estimate of drug-likeness (QED) is 0.780. The second-order valence-electron chi connectivity index (χ2n) is 4.11. The van der Waals surface area contributed by atoms with Crippen LogP contribution in [0.5, 0.6) is 0 Å². The maximum atomic E-state index is 14.0. The van der Waals surface area contributed by atoms with Crippen LogP contribution in [0.3, 0.4) is 0 Å². The van der Waals surface area contributed by atoms with Crippen molar-refractivity contribution < 1.29 is 8.91 Å². The monoisotopic (exact) mass is 289 g/mol. The molecular weight excluding hydrogens is 281 g/mol. The van der Waals surface area contributed by atoms with Gasteiger partial charge in [0.1, 0.15) is 5.82 Å². The molecular formula is C14H9ClFN3O. The van der Waals surface area contributed by atoms with Crippen molar-refractivity contribution in [3.8, 4) is 22.6 Å². The van der Waals surface area contributed by atoms with Crippen molar-refractivity contribution in [2.45, 2.75) is 0 Å². The number of benzene rings is 1. The minimum Gasteiger partial charge on any atom is -0.380 e. The van der Waals surface area contributed by atoms with Crippen molar-refractivity contribution in [3.63, 3.8) is 0 Å². The van der Waals surface area contributed by atoms with Gasteiger partial charge in [-0.1, -0.05) is 22.8 Å². The molecule has 4 nitrogen and oxygen atoms in total. The Bertz CT molecular complexity index is 758. The lowest BCUT2D eigenvalue weighted by molar-refractivity contribution is 0.433. The third-order valence-electron chi connectivity index (χ3n) is 2.82. The smallest absolute Gasteiger partial charge is 0.181 e. The molecule has 0 saturated heterocycles. The second kappa shape index (κ2) is 4.94. The maximum Gasteiger partial charge on any atom is 0.181 e. The average molecular weight is 290 g/mol. The van der Waals surface area contributed by atoms with E-state index in [4.69, 9.17) is 21.9 Å². The third-order valence-corrected chi connectivity index (χ3v) is 3.05. The van der Waals surface area contributed by atoms with Crippen molar-refractivity contribution >= 4 is 17.4 Å². The molecule has 0 aliphatic heterocycles. The average Bonchev–Trinajstić information content (AvgIpc) is 2.81. The summed E-state index contributed by atoms with van der Waals surface area (Å²) in [7, 11) is 0. The molecule has 3 rings (SSSR count). The molecule has 0 aliphatic carbocycles. The van der Waals surface area contributed by atoms with Gasteiger partial charge in [0.25, 0.3) is 0 Å². The lowest BCUT2D eigenvalue weighted by Crippen LogP contribution is -1.91. The number of anilines is 1. The highest BCUT2D eigenvalue weighted by atomic mass is 35.5. The molecule has 0 aliphatic rings. The molecule has 2 aromatic heterocycles. The fourth-order valence-corrected chi connectivity index (χ4v) is 2.08. The Morgan fingerprint density at radius 2 is 2.05 bits per heavy atom. The number of nitrogens with zero attached hydrogens (tertiary/aromatic N) is 2. The van der Waals surface area contributed by atoms with E-state index < -0.39 is 5.82 Å². The molecule has 2 N–H and O–H groups in total. The van der Waals surface area contributed by atoms with Gasteiger partial charge in [-0.25, -0.2) is 4.39 Å². The predicted molar refractivity (Wildman–Crippen MR) is 74.6 cm³/mol. The number of rotatable bonds is 2. The van der Waals surface area contributed by atoms with E-state index in [0.29, 0.717) is 16.3 Å². The molecule has 2 heterocycles. The van der Waals surface area contributed by atoms with Gasteiger partial charge in [0, 0.05) is 11.2 Å². The summed E-state index contributed by atoms with van der Waals surface area (Å²) in [6.45, 7) is 0. The van der Waals surface area contributed by atoms with Crippen molar-refractivity contribution in [1.82, 2.24) is 10.1 Å². The van der Waals surface area contributed by atoms with Gasteiger partial charge in [-0.15, -0.1) is 0 Å². The highest BCUT2D eigenvalue weighted by Gasteiger charge is 2.21. The molecule has 0 atom stereocenters. The van der Waals surface area contributed by atoms with Gasteiger partial charge in [0.05, 0.1) is 16.8 Å². The molecule has 0 bridgehead atoms. The summed E-state index contributed by atoms with van der Waals surface area (Å²) >= 11 is 5.74. The van der Waals surface area contributed by atoms with E-state index in [-0.39, 0.29) is 17.1 Å². The van der Waals surface area contributed by atoms with Crippen molar-refractivity contribution in [2.75, 3.05) is 5.73 Å². The highest BCUT2D eigenvalue weighted by Crippen LogP contribution is 2.37. The first-order chi connectivity index (χ1) is 9.66. The molecule has 0 spiro atoms. The summed E-state index contributed by atoms with van der Waals surface area (Å²) in [6.07, 6.45) is 1.61. The van der Waals surface area contributed by atoms with Crippen LogP contribution in [0, 0.1) is 5.82 Å².